The molecule has 3 rings (SSSR count). The Morgan fingerprint density at radius 2 is 2.04 bits per heavy atom. The molecular formula is C21H26ClN3O2. The lowest BCUT2D eigenvalue weighted by atomic mass is 10.1. The summed E-state index contributed by atoms with van der Waals surface area (Å²) in [6, 6.07) is 15.2. The summed E-state index contributed by atoms with van der Waals surface area (Å²) in [6.45, 7) is 4.59. The van der Waals surface area contributed by atoms with Gasteiger partial charge >= 0.3 is 0 Å². The maximum absolute atomic E-state index is 12.5. The van der Waals surface area contributed by atoms with Crippen molar-refractivity contribution >= 4 is 17.5 Å². The second kappa shape index (κ2) is 9.22. The number of halogens is 1. The van der Waals surface area contributed by atoms with Gasteiger partial charge in [-0.1, -0.05) is 41.9 Å². The lowest BCUT2D eigenvalue weighted by molar-refractivity contribution is -0.125. The molecule has 2 atom stereocenters. The van der Waals surface area contributed by atoms with Crippen LogP contribution in [0, 0.1) is 0 Å². The monoisotopic (exact) mass is 387 g/mol. The van der Waals surface area contributed by atoms with Gasteiger partial charge in [0, 0.05) is 42.8 Å². The van der Waals surface area contributed by atoms with E-state index >= 15 is 0 Å². The van der Waals surface area contributed by atoms with Crippen molar-refractivity contribution < 1.29 is 9.90 Å². The number of hydrogen-bond acceptors (Lipinski definition) is 4. The fourth-order valence-electron chi connectivity index (χ4n) is 3.56. The summed E-state index contributed by atoms with van der Waals surface area (Å²) >= 11 is 6.03. The van der Waals surface area contributed by atoms with Gasteiger partial charge in [-0.3, -0.25) is 9.69 Å². The van der Waals surface area contributed by atoms with Crippen LogP contribution in [0.2, 0.25) is 5.02 Å². The third-order valence-electron chi connectivity index (χ3n) is 4.91. The SMILES string of the molecule is CCNC(=O)[C@@H]1C[C@H](NCc2cc(Cl)ccc2O)CN1Cc1ccccc1. The van der Waals surface area contributed by atoms with Gasteiger partial charge in [-0.25, -0.2) is 0 Å². The van der Waals surface area contributed by atoms with Crippen molar-refractivity contribution in [3.63, 3.8) is 0 Å². The number of phenols is 1. The summed E-state index contributed by atoms with van der Waals surface area (Å²) in [7, 11) is 0. The van der Waals surface area contributed by atoms with Crippen molar-refractivity contribution in [3.05, 3.63) is 64.7 Å². The number of nitrogens with one attached hydrogen (secondary N) is 2. The zero-order valence-corrected chi connectivity index (χ0v) is 16.2. The smallest absolute Gasteiger partial charge is 0.237 e. The molecular weight excluding hydrogens is 362 g/mol. The highest BCUT2D eigenvalue weighted by Gasteiger charge is 2.36. The van der Waals surface area contributed by atoms with E-state index in [2.05, 4.69) is 27.7 Å². The van der Waals surface area contributed by atoms with E-state index in [1.807, 2.05) is 25.1 Å². The summed E-state index contributed by atoms with van der Waals surface area (Å²) < 4.78 is 0. The average molecular weight is 388 g/mol. The van der Waals surface area contributed by atoms with Crippen LogP contribution in [-0.2, 0) is 17.9 Å². The van der Waals surface area contributed by atoms with Crippen molar-refractivity contribution in [2.45, 2.75) is 38.5 Å². The van der Waals surface area contributed by atoms with Crippen LogP contribution in [0.25, 0.3) is 0 Å². The standard InChI is InChI=1S/C21H26ClN3O2/c1-2-23-21(27)19-11-18(14-25(19)13-15-6-4-3-5-7-15)24-12-16-10-17(22)8-9-20(16)26/h3-10,18-19,24,26H,2,11-14H2,1H3,(H,23,27)/t18-,19-/m0/s1. The Balaban J connectivity index is 1.66. The van der Waals surface area contributed by atoms with Gasteiger partial charge in [0.15, 0.2) is 0 Å². The van der Waals surface area contributed by atoms with E-state index in [9.17, 15) is 9.90 Å². The van der Waals surface area contributed by atoms with Crippen LogP contribution in [-0.4, -0.2) is 41.1 Å². The molecule has 1 saturated heterocycles. The summed E-state index contributed by atoms with van der Waals surface area (Å²) in [5, 5.41) is 17.0. The second-order valence-electron chi connectivity index (χ2n) is 6.91. The predicted molar refractivity (Wildman–Crippen MR) is 108 cm³/mol. The zero-order chi connectivity index (χ0) is 19.2. The first-order valence-corrected chi connectivity index (χ1v) is 9.71. The molecule has 144 valence electrons. The molecule has 3 N–H and O–H groups in total. The molecule has 1 amide bonds. The normalized spacial score (nSPS) is 19.9. The molecule has 1 aliphatic rings. The molecule has 0 unspecified atom stereocenters. The van der Waals surface area contributed by atoms with Crippen molar-refractivity contribution in [1.82, 2.24) is 15.5 Å². The van der Waals surface area contributed by atoms with Gasteiger partial charge in [0.1, 0.15) is 5.75 Å². The third kappa shape index (κ3) is 5.22. The molecule has 1 fully saturated rings. The highest BCUT2D eigenvalue weighted by molar-refractivity contribution is 6.30. The number of amides is 1. The number of carbonyl (C=O) groups excluding carboxylic acids is 1. The minimum atomic E-state index is -0.157. The molecule has 1 aliphatic heterocycles. The summed E-state index contributed by atoms with van der Waals surface area (Å²) in [5.74, 6) is 0.301. The van der Waals surface area contributed by atoms with Crippen LogP contribution >= 0.6 is 11.6 Å². The molecule has 0 bridgehead atoms. The van der Waals surface area contributed by atoms with Crippen molar-refractivity contribution in [2.75, 3.05) is 13.1 Å². The molecule has 5 nitrogen and oxygen atoms in total. The van der Waals surface area contributed by atoms with Crippen molar-refractivity contribution in [3.8, 4) is 5.75 Å². The molecule has 2 aromatic rings. The van der Waals surface area contributed by atoms with Crippen LogP contribution in [0.3, 0.4) is 0 Å². The van der Waals surface area contributed by atoms with E-state index in [4.69, 9.17) is 11.6 Å². The van der Waals surface area contributed by atoms with E-state index in [1.54, 1.807) is 18.2 Å². The molecule has 0 aliphatic carbocycles. The third-order valence-corrected chi connectivity index (χ3v) is 5.14. The fourth-order valence-corrected chi connectivity index (χ4v) is 3.75. The van der Waals surface area contributed by atoms with Crippen LogP contribution < -0.4 is 10.6 Å². The molecule has 1 heterocycles. The van der Waals surface area contributed by atoms with Gasteiger partial charge in [0.2, 0.25) is 5.91 Å². The number of aromatic hydroxyl groups is 1. The number of nitrogens with zero attached hydrogens (tertiary/aromatic N) is 1. The highest BCUT2D eigenvalue weighted by Crippen LogP contribution is 2.24. The maximum atomic E-state index is 12.5. The Labute approximate surface area is 165 Å². The summed E-state index contributed by atoms with van der Waals surface area (Å²) in [6.07, 6.45) is 0.736. The van der Waals surface area contributed by atoms with Gasteiger partial charge in [-0.15, -0.1) is 0 Å². The van der Waals surface area contributed by atoms with E-state index in [-0.39, 0.29) is 23.7 Å². The number of carbonyl (C=O) groups is 1. The number of benzene rings is 2. The van der Waals surface area contributed by atoms with E-state index in [0.29, 0.717) is 18.1 Å². The first-order chi connectivity index (χ1) is 13.1. The Morgan fingerprint density at radius 1 is 1.26 bits per heavy atom. The molecule has 0 radical (unpaired) electrons. The van der Waals surface area contributed by atoms with E-state index in [0.717, 1.165) is 25.1 Å². The van der Waals surface area contributed by atoms with Crippen LogP contribution in [0.4, 0.5) is 0 Å². The predicted octanol–water partition coefficient (Wildman–Crippen LogP) is 2.91. The second-order valence-corrected chi connectivity index (χ2v) is 7.35. The van der Waals surface area contributed by atoms with Crippen LogP contribution in [0.1, 0.15) is 24.5 Å². The van der Waals surface area contributed by atoms with Gasteiger partial charge in [0.25, 0.3) is 0 Å². The fraction of sp³-hybridized carbons (Fsp3) is 0.381. The molecule has 0 spiro atoms. The first-order valence-electron chi connectivity index (χ1n) is 9.33. The van der Waals surface area contributed by atoms with Crippen molar-refractivity contribution in [2.24, 2.45) is 0 Å². The zero-order valence-electron chi connectivity index (χ0n) is 15.5. The molecule has 6 heteroatoms. The number of likely N-dealkylation sites (N-methyl/N-ethyl adjacent to an activating group) is 1. The number of rotatable bonds is 7. The van der Waals surface area contributed by atoms with Gasteiger partial charge in [0.05, 0.1) is 6.04 Å². The Bertz CT molecular complexity index is 769. The van der Waals surface area contributed by atoms with Crippen molar-refractivity contribution in [1.29, 1.82) is 0 Å². The van der Waals surface area contributed by atoms with Crippen LogP contribution in [0.15, 0.2) is 48.5 Å². The van der Waals surface area contributed by atoms with Crippen LogP contribution in [0.5, 0.6) is 5.75 Å². The Morgan fingerprint density at radius 3 is 2.78 bits per heavy atom. The van der Waals surface area contributed by atoms with Gasteiger partial charge < -0.3 is 15.7 Å². The Hall–Kier alpha value is -2.08. The van der Waals surface area contributed by atoms with Gasteiger partial charge in [-0.05, 0) is 37.1 Å². The average Bonchev–Trinajstić information content (AvgIpc) is 3.06. The quantitative estimate of drug-likeness (QED) is 0.683. The molecule has 27 heavy (non-hydrogen) atoms. The Kier molecular flexibility index (Phi) is 6.72. The highest BCUT2D eigenvalue weighted by atomic mass is 35.5. The summed E-state index contributed by atoms with van der Waals surface area (Å²) in [5.41, 5.74) is 1.96. The number of likely N-dealkylation sites (tertiary alicyclic amines) is 1. The van der Waals surface area contributed by atoms with E-state index < -0.39 is 0 Å². The lowest BCUT2D eigenvalue weighted by Gasteiger charge is -2.23. The lowest BCUT2D eigenvalue weighted by Crippen LogP contribution is -2.42. The first kappa shape index (κ1) is 19.7. The molecule has 2 aromatic carbocycles. The topological polar surface area (TPSA) is 64.6 Å². The molecule has 0 aromatic heterocycles. The minimum Gasteiger partial charge on any atom is -0.508 e. The maximum Gasteiger partial charge on any atom is 0.237 e. The van der Waals surface area contributed by atoms with Gasteiger partial charge in [-0.2, -0.15) is 0 Å². The largest absolute Gasteiger partial charge is 0.508 e. The summed E-state index contributed by atoms with van der Waals surface area (Å²) in [4.78, 5) is 14.7. The van der Waals surface area contributed by atoms with E-state index in [1.165, 1.54) is 5.56 Å². The molecule has 0 saturated carbocycles. The number of phenolic OH excluding ortho intramolecular Hbond substituents is 1. The number of hydrogen-bond donors (Lipinski definition) is 3. The minimum absolute atomic E-state index is 0.0725.